The number of pyridine rings is 1. The molecule has 3 rings (SSSR count). The lowest BCUT2D eigenvalue weighted by Crippen LogP contribution is -2.17. The van der Waals surface area contributed by atoms with Crippen LogP contribution in [-0.2, 0) is 20.0 Å². The van der Waals surface area contributed by atoms with Crippen LogP contribution in [0.2, 0.25) is 0 Å². The molecule has 0 saturated carbocycles. The molecule has 0 unspecified atom stereocenters. The second-order valence-corrected chi connectivity index (χ2v) is 4.57. The summed E-state index contributed by atoms with van der Waals surface area (Å²) in [5.41, 5.74) is 3.63. The molecular formula is C14H17N5. The minimum Gasteiger partial charge on any atom is -0.312 e. The zero-order valence-corrected chi connectivity index (χ0v) is 11.0. The molecule has 0 saturated heterocycles. The van der Waals surface area contributed by atoms with Crippen LogP contribution in [0.3, 0.4) is 0 Å². The number of aryl methyl sites for hydroxylation is 1. The van der Waals surface area contributed by atoms with Crippen molar-refractivity contribution < 1.29 is 0 Å². The molecule has 0 aliphatic heterocycles. The summed E-state index contributed by atoms with van der Waals surface area (Å²) in [4.78, 5) is 0. The Kier molecular flexibility index (Phi) is 3.29. The number of nitrogens with zero attached hydrogens (tertiary/aromatic N) is 4. The fourth-order valence-electron chi connectivity index (χ4n) is 2.21. The van der Waals surface area contributed by atoms with Gasteiger partial charge in [0.05, 0.1) is 11.7 Å². The van der Waals surface area contributed by atoms with Crippen LogP contribution in [0.5, 0.6) is 0 Å². The lowest BCUT2D eigenvalue weighted by Gasteiger charge is -2.04. The van der Waals surface area contributed by atoms with Gasteiger partial charge in [0.1, 0.15) is 0 Å². The van der Waals surface area contributed by atoms with Gasteiger partial charge in [-0.05, 0) is 18.2 Å². The summed E-state index contributed by atoms with van der Waals surface area (Å²) in [5, 5.41) is 11.9. The molecule has 0 aromatic carbocycles. The van der Waals surface area contributed by atoms with Gasteiger partial charge in [-0.3, -0.25) is 4.68 Å². The molecule has 3 aromatic heterocycles. The molecule has 0 spiro atoms. The highest BCUT2D eigenvalue weighted by atomic mass is 15.3. The molecule has 3 heterocycles. The molecule has 0 radical (unpaired) electrons. The van der Waals surface area contributed by atoms with Gasteiger partial charge in [0.25, 0.3) is 0 Å². The van der Waals surface area contributed by atoms with E-state index in [4.69, 9.17) is 0 Å². The van der Waals surface area contributed by atoms with Gasteiger partial charge < -0.3 is 5.32 Å². The number of rotatable bonds is 5. The Morgan fingerprint density at radius 3 is 3.00 bits per heavy atom. The van der Waals surface area contributed by atoms with Crippen molar-refractivity contribution >= 4 is 5.52 Å². The SMILES string of the molecule is Cn1nccc1CCNCc1cnn2ccccc12. The summed E-state index contributed by atoms with van der Waals surface area (Å²) in [6, 6.07) is 8.16. The quantitative estimate of drug-likeness (QED) is 0.701. The standard InChI is InChI=1S/C14H17N5/c1-18-13(6-8-16-18)5-7-15-10-12-11-17-19-9-3-2-4-14(12)19/h2-4,6,8-9,11,15H,5,7,10H2,1H3. The highest BCUT2D eigenvalue weighted by Crippen LogP contribution is 2.09. The normalized spacial score (nSPS) is 11.2. The third-order valence-corrected chi connectivity index (χ3v) is 3.30. The van der Waals surface area contributed by atoms with Crippen LogP contribution in [0.4, 0.5) is 0 Å². The van der Waals surface area contributed by atoms with Crippen LogP contribution >= 0.6 is 0 Å². The van der Waals surface area contributed by atoms with Crippen molar-refractivity contribution in [3.63, 3.8) is 0 Å². The molecule has 5 heteroatoms. The second-order valence-electron chi connectivity index (χ2n) is 4.57. The Balaban J connectivity index is 1.57. The van der Waals surface area contributed by atoms with E-state index in [1.54, 1.807) is 0 Å². The molecular weight excluding hydrogens is 238 g/mol. The van der Waals surface area contributed by atoms with Crippen molar-refractivity contribution in [1.82, 2.24) is 24.7 Å². The molecule has 0 bridgehead atoms. The molecule has 98 valence electrons. The Morgan fingerprint density at radius 2 is 2.16 bits per heavy atom. The summed E-state index contributed by atoms with van der Waals surface area (Å²) in [7, 11) is 1.97. The van der Waals surface area contributed by atoms with Crippen molar-refractivity contribution in [1.29, 1.82) is 0 Å². The van der Waals surface area contributed by atoms with Crippen LogP contribution in [0.15, 0.2) is 42.9 Å². The zero-order valence-electron chi connectivity index (χ0n) is 11.0. The predicted octanol–water partition coefficient (Wildman–Crippen LogP) is 1.40. The van der Waals surface area contributed by atoms with Gasteiger partial charge in [-0.1, -0.05) is 6.07 Å². The molecule has 0 amide bonds. The minimum absolute atomic E-state index is 0.839. The lowest BCUT2D eigenvalue weighted by atomic mass is 10.2. The van der Waals surface area contributed by atoms with Crippen molar-refractivity contribution in [2.45, 2.75) is 13.0 Å². The number of hydrogen-bond acceptors (Lipinski definition) is 3. The van der Waals surface area contributed by atoms with Crippen LogP contribution < -0.4 is 5.32 Å². The monoisotopic (exact) mass is 255 g/mol. The minimum atomic E-state index is 0.839. The number of fused-ring (bicyclic) bond motifs is 1. The lowest BCUT2D eigenvalue weighted by molar-refractivity contribution is 0.644. The number of nitrogens with one attached hydrogen (secondary N) is 1. The Bertz CT molecular complexity index is 667. The summed E-state index contributed by atoms with van der Waals surface area (Å²) in [5.74, 6) is 0. The number of aromatic nitrogens is 4. The maximum absolute atomic E-state index is 4.32. The average molecular weight is 255 g/mol. The van der Waals surface area contributed by atoms with Gasteiger partial charge in [-0.25, -0.2) is 4.52 Å². The van der Waals surface area contributed by atoms with Crippen LogP contribution in [0.1, 0.15) is 11.3 Å². The van der Waals surface area contributed by atoms with Crippen molar-refractivity contribution in [3.8, 4) is 0 Å². The van der Waals surface area contributed by atoms with E-state index in [9.17, 15) is 0 Å². The van der Waals surface area contributed by atoms with E-state index in [1.165, 1.54) is 11.3 Å². The smallest absolute Gasteiger partial charge is 0.0706 e. The van der Waals surface area contributed by atoms with Crippen molar-refractivity contribution in [3.05, 3.63) is 54.1 Å². The predicted molar refractivity (Wildman–Crippen MR) is 73.8 cm³/mol. The van der Waals surface area contributed by atoms with E-state index in [0.717, 1.165) is 25.0 Å². The van der Waals surface area contributed by atoms with Gasteiger partial charge in [-0.2, -0.15) is 10.2 Å². The average Bonchev–Trinajstić information content (AvgIpc) is 3.02. The Labute approximate surface area is 111 Å². The summed E-state index contributed by atoms with van der Waals surface area (Å²) < 4.78 is 3.81. The van der Waals surface area contributed by atoms with Crippen LogP contribution in [0.25, 0.3) is 5.52 Å². The van der Waals surface area contributed by atoms with Crippen LogP contribution in [0, 0.1) is 0 Å². The molecule has 1 N–H and O–H groups in total. The van der Waals surface area contributed by atoms with Crippen molar-refractivity contribution in [2.24, 2.45) is 7.05 Å². The van der Waals surface area contributed by atoms with Crippen LogP contribution in [-0.4, -0.2) is 25.9 Å². The summed E-state index contributed by atoms with van der Waals surface area (Å²) >= 11 is 0. The van der Waals surface area contributed by atoms with E-state index in [1.807, 2.05) is 47.0 Å². The zero-order chi connectivity index (χ0) is 13.1. The molecule has 0 atom stereocenters. The Morgan fingerprint density at radius 1 is 1.21 bits per heavy atom. The molecule has 5 nitrogen and oxygen atoms in total. The molecule has 19 heavy (non-hydrogen) atoms. The second kappa shape index (κ2) is 5.24. The maximum Gasteiger partial charge on any atom is 0.0706 e. The Hall–Kier alpha value is -2.14. The topological polar surface area (TPSA) is 47.2 Å². The largest absolute Gasteiger partial charge is 0.312 e. The summed E-state index contributed by atoms with van der Waals surface area (Å²) in [6.07, 6.45) is 6.71. The first-order valence-electron chi connectivity index (χ1n) is 6.43. The maximum atomic E-state index is 4.32. The van der Waals surface area contributed by atoms with Gasteiger partial charge in [0.15, 0.2) is 0 Å². The van der Waals surface area contributed by atoms with E-state index >= 15 is 0 Å². The van der Waals surface area contributed by atoms with Crippen molar-refractivity contribution in [2.75, 3.05) is 6.54 Å². The third kappa shape index (κ3) is 2.51. The summed E-state index contributed by atoms with van der Waals surface area (Å²) in [6.45, 7) is 1.77. The fourth-order valence-corrected chi connectivity index (χ4v) is 2.21. The fraction of sp³-hybridized carbons (Fsp3) is 0.286. The molecule has 0 aliphatic rings. The third-order valence-electron chi connectivity index (χ3n) is 3.30. The van der Waals surface area contributed by atoms with E-state index in [2.05, 4.69) is 27.6 Å². The number of hydrogen-bond donors (Lipinski definition) is 1. The van der Waals surface area contributed by atoms with Gasteiger partial charge >= 0.3 is 0 Å². The van der Waals surface area contributed by atoms with E-state index in [0.29, 0.717) is 0 Å². The molecule has 0 aliphatic carbocycles. The van der Waals surface area contributed by atoms with E-state index < -0.39 is 0 Å². The van der Waals surface area contributed by atoms with Gasteiger partial charge in [0.2, 0.25) is 0 Å². The highest BCUT2D eigenvalue weighted by molar-refractivity contribution is 5.53. The molecule has 0 fully saturated rings. The first-order valence-corrected chi connectivity index (χ1v) is 6.43. The first-order chi connectivity index (χ1) is 9.34. The van der Waals surface area contributed by atoms with Gasteiger partial charge in [0, 0.05) is 50.2 Å². The first kappa shape index (κ1) is 11.9. The molecule has 3 aromatic rings. The van der Waals surface area contributed by atoms with E-state index in [-0.39, 0.29) is 0 Å². The van der Waals surface area contributed by atoms with Gasteiger partial charge in [-0.15, -0.1) is 0 Å². The highest BCUT2D eigenvalue weighted by Gasteiger charge is 2.03.